The smallest absolute Gasteiger partial charge is 0.278 e. The molecule has 10 heteroatoms. The van der Waals surface area contributed by atoms with Gasteiger partial charge in [0.1, 0.15) is 0 Å². The van der Waals surface area contributed by atoms with Crippen LogP contribution in [0.3, 0.4) is 0 Å². The van der Waals surface area contributed by atoms with Crippen molar-refractivity contribution in [2.24, 2.45) is 5.92 Å². The Balaban J connectivity index is 1.30. The lowest BCUT2D eigenvalue weighted by Crippen LogP contribution is -2.68. The number of fused-ring (bicyclic) bond motifs is 1. The van der Waals surface area contributed by atoms with Gasteiger partial charge in [-0.2, -0.15) is 0 Å². The molecule has 1 unspecified atom stereocenters. The maximum atomic E-state index is 12.7. The van der Waals surface area contributed by atoms with Gasteiger partial charge in [0.15, 0.2) is 11.2 Å². The van der Waals surface area contributed by atoms with Crippen molar-refractivity contribution in [2.75, 3.05) is 13.2 Å². The van der Waals surface area contributed by atoms with Crippen LogP contribution in [0.2, 0.25) is 10.1 Å². The summed E-state index contributed by atoms with van der Waals surface area (Å²) in [4.78, 5) is 24.5. The molecule has 52 heavy (non-hydrogen) atoms. The minimum Gasteiger partial charge on any atom is -0.407 e. The van der Waals surface area contributed by atoms with Crippen molar-refractivity contribution in [3.8, 4) is 0 Å². The van der Waals surface area contributed by atoms with Gasteiger partial charge >= 0.3 is 0 Å². The van der Waals surface area contributed by atoms with Gasteiger partial charge in [-0.05, 0) is 30.8 Å². The Kier molecular flexibility index (Phi) is 10.1. The Morgan fingerprint density at radius 3 is 1.50 bits per heavy atom. The van der Waals surface area contributed by atoms with Crippen LogP contribution in [-0.4, -0.2) is 54.6 Å². The molecule has 1 fully saturated rings. The van der Waals surface area contributed by atoms with E-state index in [2.05, 4.69) is 182 Å². The third-order valence-electron chi connectivity index (χ3n) is 10.6. The Morgan fingerprint density at radius 2 is 1.08 bits per heavy atom. The standard InChI is InChI=1S/C42H48N4O3SSi2/c1-41(2,3)51(31-19-11-7-12-20-31,32-21-13-8-14-22-32)48-27-35-36(50-40(35)46-30-45-37-38(46)43-29-44-39(37)47)28-49-52(42(4,5)6,33-23-15-9-16-24-33)34-25-17-10-18-26-34/h7-26,29-30,35-36,40H,27-28H2,1-6H3,(H,43,44,47)/t35-,36-,40?/m1/s1. The molecule has 0 radical (unpaired) electrons. The Hall–Kier alpha value is -4.07. The van der Waals surface area contributed by atoms with E-state index in [1.54, 1.807) is 6.33 Å². The average Bonchev–Trinajstić information content (AvgIpc) is 3.56. The van der Waals surface area contributed by atoms with Crippen LogP contribution in [0.5, 0.6) is 0 Å². The molecule has 0 bridgehead atoms. The van der Waals surface area contributed by atoms with Gasteiger partial charge in [-0.1, -0.05) is 163 Å². The lowest BCUT2D eigenvalue weighted by molar-refractivity contribution is 0.168. The number of rotatable bonds is 11. The third-order valence-corrected chi connectivity index (χ3v) is 22.3. The van der Waals surface area contributed by atoms with E-state index in [9.17, 15) is 4.79 Å². The minimum atomic E-state index is -2.83. The zero-order chi connectivity index (χ0) is 36.6. The lowest BCUT2D eigenvalue weighted by atomic mass is 10.0. The SMILES string of the molecule is CC(C)(C)[Si](OC[C@H]1SC(n2cnc3c(=O)[nH]cnc32)[C@@H]1CO[Si](c1ccccc1)(c1ccccc1)C(C)(C)C)(c1ccccc1)c1ccccc1. The summed E-state index contributed by atoms with van der Waals surface area (Å²) >= 11 is 1.85. The van der Waals surface area contributed by atoms with Crippen LogP contribution in [0, 0.1) is 5.92 Å². The summed E-state index contributed by atoms with van der Waals surface area (Å²) in [5.41, 5.74) is 0.699. The fourth-order valence-electron chi connectivity index (χ4n) is 8.10. The summed E-state index contributed by atoms with van der Waals surface area (Å²) < 4.78 is 17.2. The van der Waals surface area contributed by atoms with E-state index >= 15 is 0 Å². The molecule has 1 N–H and O–H groups in total. The molecule has 7 nitrogen and oxygen atoms in total. The highest BCUT2D eigenvalue weighted by atomic mass is 32.2. The molecule has 3 atom stereocenters. The molecule has 6 aromatic rings. The highest BCUT2D eigenvalue weighted by molar-refractivity contribution is 8.01. The molecular formula is C42H48N4O3SSi2. The number of aromatic nitrogens is 4. The van der Waals surface area contributed by atoms with Crippen molar-refractivity contribution in [3.63, 3.8) is 0 Å². The number of H-pyrrole nitrogens is 1. The van der Waals surface area contributed by atoms with E-state index in [0.717, 1.165) is 0 Å². The van der Waals surface area contributed by atoms with Crippen LogP contribution in [0.4, 0.5) is 0 Å². The number of hydrogen-bond donors (Lipinski definition) is 1. The van der Waals surface area contributed by atoms with Crippen molar-refractivity contribution >= 4 is 60.3 Å². The van der Waals surface area contributed by atoms with Gasteiger partial charge in [0.05, 0.1) is 18.0 Å². The van der Waals surface area contributed by atoms with E-state index in [0.29, 0.717) is 24.4 Å². The predicted octanol–water partition coefficient (Wildman–Crippen LogP) is 6.50. The number of thioether (sulfide) groups is 1. The van der Waals surface area contributed by atoms with Gasteiger partial charge in [0.25, 0.3) is 22.2 Å². The molecule has 3 heterocycles. The molecule has 2 aromatic heterocycles. The molecular weight excluding hydrogens is 697 g/mol. The van der Waals surface area contributed by atoms with Gasteiger partial charge in [0.2, 0.25) is 0 Å². The Morgan fingerprint density at radius 1 is 0.654 bits per heavy atom. The van der Waals surface area contributed by atoms with Crippen LogP contribution < -0.4 is 26.3 Å². The van der Waals surface area contributed by atoms with Crippen molar-refractivity contribution in [1.29, 1.82) is 0 Å². The molecule has 0 spiro atoms. The zero-order valence-electron chi connectivity index (χ0n) is 30.8. The third kappa shape index (κ3) is 6.34. The average molecular weight is 745 g/mol. The molecule has 4 aromatic carbocycles. The number of nitrogens with one attached hydrogen (secondary N) is 1. The first-order valence-electron chi connectivity index (χ1n) is 18.0. The molecule has 1 aliphatic heterocycles. The second kappa shape index (κ2) is 14.4. The molecule has 1 saturated heterocycles. The number of nitrogens with zero attached hydrogens (tertiary/aromatic N) is 3. The van der Waals surface area contributed by atoms with Gasteiger partial charge in [0, 0.05) is 24.4 Å². The van der Waals surface area contributed by atoms with Crippen molar-refractivity contribution in [3.05, 3.63) is 144 Å². The van der Waals surface area contributed by atoms with E-state index < -0.39 is 16.6 Å². The zero-order valence-corrected chi connectivity index (χ0v) is 33.6. The number of aromatic amines is 1. The maximum Gasteiger partial charge on any atom is 0.278 e. The van der Waals surface area contributed by atoms with Crippen LogP contribution in [0.1, 0.15) is 46.9 Å². The van der Waals surface area contributed by atoms with Crippen molar-refractivity contribution in [2.45, 2.75) is 62.2 Å². The summed E-state index contributed by atoms with van der Waals surface area (Å²) in [6, 6.07) is 43.2. The van der Waals surface area contributed by atoms with Crippen molar-refractivity contribution < 1.29 is 8.85 Å². The first-order chi connectivity index (χ1) is 25.0. The van der Waals surface area contributed by atoms with Crippen molar-refractivity contribution in [1.82, 2.24) is 19.5 Å². The van der Waals surface area contributed by atoms with Gasteiger partial charge in [-0.3, -0.25) is 4.79 Å². The molecule has 0 aliphatic carbocycles. The second-order valence-corrected chi connectivity index (χ2v) is 25.7. The van der Waals surface area contributed by atoms with Gasteiger partial charge in [-0.25, -0.2) is 9.97 Å². The summed E-state index contributed by atoms with van der Waals surface area (Å²) in [5.74, 6) is 0.0587. The molecule has 0 saturated carbocycles. The Labute approximate surface area is 313 Å². The highest BCUT2D eigenvalue weighted by Crippen LogP contribution is 2.53. The minimum absolute atomic E-state index is 0.0368. The predicted molar refractivity (Wildman–Crippen MR) is 219 cm³/mol. The van der Waals surface area contributed by atoms with E-state index in [1.165, 1.54) is 27.1 Å². The summed E-state index contributed by atoms with van der Waals surface area (Å²) in [6.07, 6.45) is 3.23. The quantitative estimate of drug-likeness (QED) is 0.153. The first-order valence-corrected chi connectivity index (χ1v) is 22.8. The fourth-order valence-corrected chi connectivity index (χ4v) is 18.8. The molecule has 1 aliphatic rings. The van der Waals surface area contributed by atoms with Crippen LogP contribution in [-0.2, 0) is 8.85 Å². The molecule has 268 valence electrons. The van der Waals surface area contributed by atoms with E-state index in [1.807, 2.05) is 11.8 Å². The summed E-state index contributed by atoms with van der Waals surface area (Å²) in [7, 11) is -5.61. The van der Waals surface area contributed by atoms with E-state index in [-0.39, 0.29) is 32.2 Å². The number of hydrogen-bond acceptors (Lipinski definition) is 6. The largest absolute Gasteiger partial charge is 0.407 e. The van der Waals surface area contributed by atoms with Crippen LogP contribution in [0.15, 0.2) is 139 Å². The Bertz CT molecular complexity index is 2070. The van der Waals surface area contributed by atoms with Gasteiger partial charge in [-0.15, -0.1) is 11.8 Å². The lowest BCUT2D eigenvalue weighted by Gasteiger charge is -2.50. The monoisotopic (exact) mass is 744 g/mol. The topological polar surface area (TPSA) is 82.0 Å². The van der Waals surface area contributed by atoms with Gasteiger partial charge < -0.3 is 18.4 Å². The summed E-state index contributed by atoms with van der Waals surface area (Å²) in [5, 5.41) is 4.81. The number of benzene rings is 4. The molecule has 0 amide bonds. The van der Waals surface area contributed by atoms with E-state index in [4.69, 9.17) is 8.85 Å². The maximum absolute atomic E-state index is 12.7. The highest BCUT2D eigenvalue weighted by Gasteiger charge is 2.55. The normalized spacial score (nSPS) is 18.3. The fraction of sp³-hybridized carbons (Fsp3) is 0.310. The number of imidazole rings is 1. The van der Waals surface area contributed by atoms with Crippen LogP contribution in [0.25, 0.3) is 11.2 Å². The first kappa shape index (κ1) is 36.3. The molecule has 7 rings (SSSR count). The van der Waals surface area contributed by atoms with Crippen LogP contribution >= 0.6 is 11.8 Å². The second-order valence-electron chi connectivity index (χ2n) is 15.7. The summed E-state index contributed by atoms with van der Waals surface area (Å²) in [6.45, 7) is 15.0.